The van der Waals surface area contributed by atoms with Crippen molar-refractivity contribution in [3.63, 3.8) is 0 Å². The number of halogens is 1. The fourth-order valence-corrected chi connectivity index (χ4v) is 4.30. The van der Waals surface area contributed by atoms with Crippen molar-refractivity contribution >= 4 is 28.5 Å². The number of hydrogen-bond acceptors (Lipinski definition) is 3. The van der Waals surface area contributed by atoms with Crippen LogP contribution < -0.4 is 10.1 Å². The zero-order chi connectivity index (χ0) is 24.6. The van der Waals surface area contributed by atoms with Gasteiger partial charge in [0.1, 0.15) is 11.6 Å². The van der Waals surface area contributed by atoms with Gasteiger partial charge in [-0.3, -0.25) is 4.79 Å². The molecule has 1 amide bonds. The zero-order valence-corrected chi connectivity index (χ0v) is 21.1. The largest absolute Gasteiger partial charge is 0.493 e. The molecule has 0 spiro atoms. The smallest absolute Gasteiger partial charge is 0.224 e. The molecule has 3 aromatic carbocycles. The van der Waals surface area contributed by atoms with E-state index in [1.165, 1.54) is 11.1 Å². The summed E-state index contributed by atoms with van der Waals surface area (Å²) in [6, 6.07) is 21.8. The molecule has 0 aliphatic rings. The van der Waals surface area contributed by atoms with Gasteiger partial charge in [0.2, 0.25) is 5.91 Å². The first-order valence-electron chi connectivity index (χ1n) is 12.2. The predicted octanol–water partition coefficient (Wildman–Crippen LogP) is 6.07. The molecular weight excluding hydrogens is 458 g/mol. The number of rotatable bonds is 11. The molecule has 0 aliphatic heterocycles. The minimum atomic E-state index is 0.0180. The second-order valence-electron chi connectivity index (χ2n) is 8.83. The van der Waals surface area contributed by atoms with Gasteiger partial charge in [0, 0.05) is 24.5 Å². The van der Waals surface area contributed by atoms with Crippen LogP contribution in [0.2, 0.25) is 5.02 Å². The van der Waals surface area contributed by atoms with Crippen LogP contribution >= 0.6 is 11.6 Å². The van der Waals surface area contributed by atoms with Crippen LogP contribution in [0.25, 0.3) is 11.0 Å². The van der Waals surface area contributed by atoms with Crippen LogP contribution in [0.4, 0.5) is 0 Å². The van der Waals surface area contributed by atoms with Crippen LogP contribution in [0, 0.1) is 13.8 Å². The lowest BCUT2D eigenvalue weighted by atomic mass is 10.1. The summed E-state index contributed by atoms with van der Waals surface area (Å²) in [4.78, 5) is 17.1. The van der Waals surface area contributed by atoms with Gasteiger partial charge in [0.15, 0.2) is 0 Å². The van der Waals surface area contributed by atoms with Crippen molar-refractivity contribution in [2.45, 2.75) is 46.1 Å². The lowest BCUT2D eigenvalue weighted by molar-refractivity contribution is -0.120. The number of ether oxygens (including phenoxy) is 1. The molecule has 182 valence electrons. The first kappa shape index (κ1) is 24.8. The number of imidazole rings is 1. The minimum absolute atomic E-state index is 0.0180. The van der Waals surface area contributed by atoms with Crippen molar-refractivity contribution in [3.8, 4) is 5.75 Å². The van der Waals surface area contributed by atoms with Crippen LogP contribution in [0.15, 0.2) is 66.7 Å². The molecule has 4 rings (SSSR count). The summed E-state index contributed by atoms with van der Waals surface area (Å²) in [5, 5.41) is 3.70. The summed E-state index contributed by atoms with van der Waals surface area (Å²) >= 11 is 5.92. The highest BCUT2D eigenvalue weighted by Gasteiger charge is 2.11. The maximum Gasteiger partial charge on any atom is 0.224 e. The number of nitrogens with one attached hydrogen (secondary N) is 1. The number of carbonyl (C=O) groups excluding carboxylic acids is 1. The third-order valence-electron chi connectivity index (χ3n) is 6.25. The van der Waals surface area contributed by atoms with Crippen molar-refractivity contribution in [1.29, 1.82) is 0 Å². The fourth-order valence-electron chi connectivity index (χ4n) is 4.18. The van der Waals surface area contributed by atoms with Gasteiger partial charge in [-0.15, -0.1) is 0 Å². The third kappa shape index (κ3) is 6.64. The van der Waals surface area contributed by atoms with E-state index in [2.05, 4.69) is 41.9 Å². The number of para-hydroxylation sites is 2. The Labute approximate surface area is 212 Å². The molecule has 35 heavy (non-hydrogen) atoms. The summed E-state index contributed by atoms with van der Waals surface area (Å²) in [7, 11) is 0. The SMILES string of the molecule is Cc1cccc(OCCCn2c(CCCNC(=O)Cc3ccc(Cl)cc3)nc3ccccc32)c1C. The van der Waals surface area contributed by atoms with Gasteiger partial charge in [-0.05, 0) is 73.7 Å². The standard InChI is InChI=1S/C29H32ClN3O2/c1-21-8-5-11-27(22(21)2)35-19-7-18-33-26-10-4-3-9-25(26)32-28(33)12-6-17-31-29(34)20-23-13-15-24(30)16-14-23/h3-5,8-11,13-16H,6-7,12,17-20H2,1-2H3,(H,31,34). The molecule has 0 unspecified atom stereocenters. The number of aryl methyl sites for hydroxylation is 3. The Morgan fingerprint density at radius 2 is 1.80 bits per heavy atom. The van der Waals surface area contributed by atoms with Gasteiger partial charge < -0.3 is 14.6 Å². The van der Waals surface area contributed by atoms with E-state index in [-0.39, 0.29) is 5.91 Å². The zero-order valence-electron chi connectivity index (χ0n) is 20.4. The quantitative estimate of drug-likeness (QED) is 0.260. The van der Waals surface area contributed by atoms with E-state index >= 15 is 0 Å². The van der Waals surface area contributed by atoms with Crippen LogP contribution in [0.5, 0.6) is 5.75 Å². The molecule has 4 aromatic rings. The molecule has 1 aromatic heterocycles. The fraction of sp³-hybridized carbons (Fsp3) is 0.310. The number of carbonyl (C=O) groups is 1. The number of nitrogens with zero attached hydrogens (tertiary/aromatic N) is 2. The summed E-state index contributed by atoms with van der Waals surface area (Å²) < 4.78 is 8.35. The molecule has 0 bridgehead atoms. The van der Waals surface area contributed by atoms with Crippen molar-refractivity contribution in [2.24, 2.45) is 0 Å². The second-order valence-corrected chi connectivity index (χ2v) is 9.26. The average Bonchev–Trinajstić information content (AvgIpc) is 3.21. The van der Waals surface area contributed by atoms with Gasteiger partial charge in [-0.1, -0.05) is 48.0 Å². The maximum absolute atomic E-state index is 12.3. The first-order chi connectivity index (χ1) is 17.0. The number of aromatic nitrogens is 2. The predicted molar refractivity (Wildman–Crippen MR) is 142 cm³/mol. The van der Waals surface area contributed by atoms with Gasteiger partial charge in [0.25, 0.3) is 0 Å². The van der Waals surface area contributed by atoms with E-state index in [4.69, 9.17) is 21.3 Å². The van der Waals surface area contributed by atoms with Crippen molar-refractivity contribution in [2.75, 3.05) is 13.2 Å². The molecule has 1 N–H and O–H groups in total. The molecule has 5 nitrogen and oxygen atoms in total. The topological polar surface area (TPSA) is 56.1 Å². The molecule has 0 radical (unpaired) electrons. The molecule has 0 fully saturated rings. The molecule has 0 atom stereocenters. The normalized spacial score (nSPS) is 11.1. The Bertz CT molecular complexity index is 1280. The van der Waals surface area contributed by atoms with Crippen molar-refractivity contribution < 1.29 is 9.53 Å². The molecule has 0 saturated carbocycles. The van der Waals surface area contributed by atoms with Crippen LogP contribution in [0.1, 0.15) is 35.4 Å². The van der Waals surface area contributed by atoms with E-state index in [1.54, 1.807) is 0 Å². The van der Waals surface area contributed by atoms with E-state index in [0.29, 0.717) is 24.6 Å². The number of fused-ring (bicyclic) bond motifs is 1. The molecular formula is C29H32ClN3O2. The lowest BCUT2D eigenvalue weighted by Gasteiger charge is -2.13. The average molecular weight is 490 g/mol. The van der Waals surface area contributed by atoms with Gasteiger partial charge in [-0.25, -0.2) is 4.98 Å². The lowest BCUT2D eigenvalue weighted by Crippen LogP contribution is -2.26. The molecule has 6 heteroatoms. The summed E-state index contributed by atoms with van der Waals surface area (Å²) in [6.45, 7) is 6.30. The Kier molecular flexibility index (Phi) is 8.43. The van der Waals surface area contributed by atoms with Gasteiger partial charge in [0.05, 0.1) is 24.1 Å². The molecule has 0 aliphatic carbocycles. The van der Waals surface area contributed by atoms with Gasteiger partial charge in [-0.2, -0.15) is 0 Å². The highest BCUT2D eigenvalue weighted by atomic mass is 35.5. The maximum atomic E-state index is 12.3. The Morgan fingerprint density at radius 1 is 1.00 bits per heavy atom. The third-order valence-corrected chi connectivity index (χ3v) is 6.50. The van der Waals surface area contributed by atoms with Crippen molar-refractivity contribution in [3.05, 3.63) is 94.3 Å². The van der Waals surface area contributed by atoms with E-state index in [9.17, 15) is 4.79 Å². The Morgan fingerprint density at radius 3 is 2.63 bits per heavy atom. The minimum Gasteiger partial charge on any atom is -0.493 e. The van der Waals surface area contributed by atoms with E-state index in [1.807, 2.05) is 48.5 Å². The Balaban J connectivity index is 1.30. The molecule has 1 heterocycles. The highest BCUT2D eigenvalue weighted by molar-refractivity contribution is 6.30. The van der Waals surface area contributed by atoms with Crippen LogP contribution in [0.3, 0.4) is 0 Å². The van der Waals surface area contributed by atoms with Crippen LogP contribution in [-0.2, 0) is 24.2 Å². The number of amides is 1. The number of hydrogen-bond donors (Lipinski definition) is 1. The van der Waals surface area contributed by atoms with E-state index < -0.39 is 0 Å². The van der Waals surface area contributed by atoms with Gasteiger partial charge >= 0.3 is 0 Å². The van der Waals surface area contributed by atoms with Crippen molar-refractivity contribution in [1.82, 2.24) is 14.9 Å². The first-order valence-corrected chi connectivity index (χ1v) is 12.5. The summed E-state index contributed by atoms with van der Waals surface area (Å²) in [5.74, 6) is 2.02. The monoisotopic (exact) mass is 489 g/mol. The summed E-state index contributed by atoms with van der Waals surface area (Å²) in [5.41, 5.74) is 5.53. The summed E-state index contributed by atoms with van der Waals surface area (Å²) in [6.07, 6.45) is 2.87. The second kappa shape index (κ2) is 11.9. The highest BCUT2D eigenvalue weighted by Crippen LogP contribution is 2.21. The Hall–Kier alpha value is -3.31. The molecule has 0 saturated heterocycles. The van der Waals surface area contributed by atoms with Crippen LogP contribution in [-0.4, -0.2) is 28.6 Å². The van der Waals surface area contributed by atoms with E-state index in [0.717, 1.165) is 54.0 Å². The number of benzene rings is 3.